The van der Waals surface area contributed by atoms with Gasteiger partial charge in [0.15, 0.2) is 0 Å². The second-order valence-electron chi connectivity index (χ2n) is 7.90. The number of hydrogen-bond acceptors (Lipinski definition) is 5. The van der Waals surface area contributed by atoms with Gasteiger partial charge in [-0.15, -0.1) is 0 Å². The summed E-state index contributed by atoms with van der Waals surface area (Å²) in [7, 11) is 1.62. The van der Waals surface area contributed by atoms with Crippen LogP contribution in [0.2, 0.25) is 0 Å². The van der Waals surface area contributed by atoms with E-state index in [-0.39, 0.29) is 18.9 Å². The molecule has 0 saturated carbocycles. The second kappa shape index (κ2) is 9.79. The van der Waals surface area contributed by atoms with Gasteiger partial charge in [0.1, 0.15) is 0 Å². The standard InChI is InChI=1S/C23H25F2N3O3S/c1-13-9-14(2)21(15(3)10-13)26-19(29)12-27(4)18-11-20(30)28(22(18)31)16-5-7-17(8-6-16)32-23(24)25/h5-10,18,23H,11-12H2,1-4H3,(H,26,29)/t18-/m0/s1. The van der Waals surface area contributed by atoms with Crippen molar-refractivity contribution in [2.24, 2.45) is 0 Å². The van der Waals surface area contributed by atoms with E-state index in [0.29, 0.717) is 22.3 Å². The lowest BCUT2D eigenvalue weighted by Crippen LogP contribution is -2.43. The van der Waals surface area contributed by atoms with Crippen LogP contribution in [-0.4, -0.2) is 48.0 Å². The first-order chi connectivity index (χ1) is 15.1. The second-order valence-corrected chi connectivity index (χ2v) is 8.96. The van der Waals surface area contributed by atoms with E-state index in [1.165, 1.54) is 24.3 Å². The van der Waals surface area contributed by atoms with Gasteiger partial charge < -0.3 is 5.32 Å². The Hall–Kier alpha value is -2.78. The van der Waals surface area contributed by atoms with Crippen molar-refractivity contribution in [2.75, 3.05) is 23.8 Å². The molecule has 1 heterocycles. The largest absolute Gasteiger partial charge is 0.324 e. The summed E-state index contributed by atoms with van der Waals surface area (Å²) in [4.78, 5) is 41.0. The summed E-state index contributed by atoms with van der Waals surface area (Å²) in [5.74, 6) is -3.67. The molecule has 0 bridgehead atoms. The van der Waals surface area contributed by atoms with E-state index >= 15 is 0 Å². The number of hydrogen-bond donors (Lipinski definition) is 1. The van der Waals surface area contributed by atoms with Gasteiger partial charge >= 0.3 is 0 Å². The highest BCUT2D eigenvalue weighted by Gasteiger charge is 2.42. The zero-order valence-corrected chi connectivity index (χ0v) is 19.1. The average molecular weight is 462 g/mol. The van der Waals surface area contributed by atoms with Crippen LogP contribution in [0.25, 0.3) is 0 Å². The summed E-state index contributed by atoms with van der Waals surface area (Å²) in [6.45, 7) is 5.76. The number of anilines is 2. The molecule has 32 heavy (non-hydrogen) atoms. The van der Waals surface area contributed by atoms with Gasteiger partial charge in [0.2, 0.25) is 11.8 Å². The number of halogens is 2. The highest BCUT2D eigenvalue weighted by atomic mass is 32.2. The van der Waals surface area contributed by atoms with Gasteiger partial charge in [0, 0.05) is 10.6 Å². The lowest BCUT2D eigenvalue weighted by atomic mass is 10.1. The maximum absolute atomic E-state index is 12.9. The Morgan fingerprint density at radius 1 is 1.16 bits per heavy atom. The minimum atomic E-state index is -2.55. The van der Waals surface area contributed by atoms with Crippen LogP contribution in [0.4, 0.5) is 20.2 Å². The number of likely N-dealkylation sites (N-methyl/N-ethyl adjacent to an activating group) is 1. The fraction of sp³-hybridized carbons (Fsp3) is 0.348. The molecule has 1 atom stereocenters. The molecule has 0 unspecified atom stereocenters. The smallest absolute Gasteiger partial charge is 0.288 e. The molecule has 0 radical (unpaired) electrons. The van der Waals surface area contributed by atoms with Crippen LogP contribution in [0.3, 0.4) is 0 Å². The number of amides is 3. The molecule has 1 N–H and O–H groups in total. The molecular formula is C23H25F2N3O3S. The van der Waals surface area contributed by atoms with Crippen molar-refractivity contribution in [1.29, 1.82) is 0 Å². The maximum atomic E-state index is 12.9. The lowest BCUT2D eigenvalue weighted by molar-refractivity contribution is -0.123. The Morgan fingerprint density at radius 3 is 2.31 bits per heavy atom. The Bertz CT molecular complexity index is 1020. The average Bonchev–Trinajstić information content (AvgIpc) is 2.99. The molecule has 9 heteroatoms. The van der Waals surface area contributed by atoms with E-state index in [1.807, 2.05) is 32.9 Å². The number of alkyl halides is 2. The summed E-state index contributed by atoms with van der Waals surface area (Å²) < 4.78 is 25.0. The Morgan fingerprint density at radius 2 is 1.75 bits per heavy atom. The Kier molecular flexibility index (Phi) is 7.30. The van der Waals surface area contributed by atoms with Gasteiger partial charge in [-0.2, -0.15) is 8.78 Å². The first-order valence-corrected chi connectivity index (χ1v) is 10.9. The molecule has 1 aliphatic heterocycles. The van der Waals surface area contributed by atoms with Gasteiger partial charge in [-0.3, -0.25) is 19.3 Å². The third-order valence-electron chi connectivity index (χ3n) is 5.31. The van der Waals surface area contributed by atoms with E-state index in [0.717, 1.165) is 27.3 Å². The van der Waals surface area contributed by atoms with Crippen molar-refractivity contribution < 1.29 is 23.2 Å². The van der Waals surface area contributed by atoms with Crippen LogP contribution >= 0.6 is 11.8 Å². The first-order valence-electron chi connectivity index (χ1n) is 10.1. The molecule has 2 aromatic carbocycles. The fourth-order valence-corrected chi connectivity index (χ4v) is 4.40. The number of imide groups is 1. The number of thioether (sulfide) groups is 1. The van der Waals surface area contributed by atoms with Gasteiger partial charge in [-0.05, 0) is 63.2 Å². The third-order valence-corrected chi connectivity index (χ3v) is 6.03. The molecule has 1 aliphatic rings. The summed E-state index contributed by atoms with van der Waals surface area (Å²) in [5.41, 5.74) is 4.07. The van der Waals surface area contributed by atoms with Crippen molar-refractivity contribution in [3.63, 3.8) is 0 Å². The number of nitrogens with zero attached hydrogens (tertiary/aromatic N) is 2. The summed E-state index contributed by atoms with van der Waals surface area (Å²) in [5, 5.41) is 2.90. The molecule has 1 saturated heterocycles. The van der Waals surface area contributed by atoms with Gasteiger partial charge in [0.05, 0.1) is 24.7 Å². The van der Waals surface area contributed by atoms with Crippen molar-refractivity contribution in [3.05, 3.63) is 53.1 Å². The monoisotopic (exact) mass is 461 g/mol. The Labute approximate surface area is 190 Å². The molecule has 1 fully saturated rings. The fourth-order valence-electron chi connectivity index (χ4n) is 3.90. The van der Waals surface area contributed by atoms with Crippen molar-refractivity contribution in [1.82, 2.24) is 4.90 Å². The van der Waals surface area contributed by atoms with Crippen LogP contribution in [-0.2, 0) is 14.4 Å². The summed E-state index contributed by atoms with van der Waals surface area (Å²) in [6, 6.07) is 9.02. The normalized spacial score (nSPS) is 16.4. The number of nitrogens with one attached hydrogen (secondary N) is 1. The van der Waals surface area contributed by atoms with E-state index in [4.69, 9.17) is 0 Å². The summed E-state index contributed by atoms with van der Waals surface area (Å²) >= 11 is 0.392. The van der Waals surface area contributed by atoms with Crippen molar-refractivity contribution in [3.8, 4) is 0 Å². The number of carbonyl (C=O) groups excluding carboxylic acids is 3. The SMILES string of the molecule is Cc1cc(C)c(NC(=O)CN(C)[C@H]2CC(=O)N(c3ccc(SC(F)F)cc3)C2=O)c(C)c1. The molecule has 0 spiro atoms. The van der Waals surface area contributed by atoms with Crippen LogP contribution < -0.4 is 10.2 Å². The topological polar surface area (TPSA) is 69.7 Å². The number of rotatable bonds is 7. The lowest BCUT2D eigenvalue weighted by Gasteiger charge is -2.23. The molecule has 170 valence electrons. The van der Waals surface area contributed by atoms with Crippen molar-refractivity contribution >= 4 is 40.9 Å². The molecule has 0 aromatic heterocycles. The zero-order valence-electron chi connectivity index (χ0n) is 18.3. The van der Waals surface area contributed by atoms with Crippen LogP contribution in [0.1, 0.15) is 23.1 Å². The van der Waals surface area contributed by atoms with Crippen LogP contribution in [0.15, 0.2) is 41.3 Å². The minimum absolute atomic E-state index is 0.0568. The van der Waals surface area contributed by atoms with Gasteiger partial charge in [-0.25, -0.2) is 4.90 Å². The zero-order chi connectivity index (χ0) is 23.6. The van der Waals surface area contributed by atoms with Gasteiger partial charge in [0.25, 0.3) is 11.7 Å². The highest BCUT2D eigenvalue weighted by Crippen LogP contribution is 2.30. The van der Waals surface area contributed by atoms with Gasteiger partial charge in [-0.1, -0.05) is 29.5 Å². The minimum Gasteiger partial charge on any atom is -0.324 e. The maximum Gasteiger partial charge on any atom is 0.288 e. The number of aryl methyl sites for hydroxylation is 3. The molecule has 2 aromatic rings. The van der Waals surface area contributed by atoms with Crippen molar-refractivity contribution in [2.45, 2.75) is 43.9 Å². The predicted octanol–water partition coefficient (Wildman–Crippen LogP) is 4.13. The summed E-state index contributed by atoms with van der Waals surface area (Å²) in [6.07, 6.45) is -0.0568. The molecular weight excluding hydrogens is 436 g/mol. The van der Waals surface area contributed by atoms with E-state index in [2.05, 4.69) is 5.32 Å². The molecule has 3 amide bonds. The first kappa shape index (κ1) is 23.9. The Balaban J connectivity index is 1.66. The molecule has 3 rings (SSSR count). The van der Waals surface area contributed by atoms with E-state index < -0.39 is 23.6 Å². The van der Waals surface area contributed by atoms with E-state index in [1.54, 1.807) is 11.9 Å². The van der Waals surface area contributed by atoms with Crippen LogP contribution in [0.5, 0.6) is 0 Å². The molecule has 6 nitrogen and oxygen atoms in total. The highest BCUT2D eigenvalue weighted by molar-refractivity contribution is 7.99. The molecule has 0 aliphatic carbocycles. The number of benzene rings is 2. The number of carbonyl (C=O) groups is 3. The third kappa shape index (κ3) is 5.34. The predicted molar refractivity (Wildman–Crippen MR) is 121 cm³/mol. The van der Waals surface area contributed by atoms with E-state index in [9.17, 15) is 23.2 Å². The quantitative estimate of drug-likeness (QED) is 0.496. The van der Waals surface area contributed by atoms with Crippen LogP contribution in [0, 0.1) is 20.8 Å².